The highest BCUT2D eigenvalue weighted by Gasteiger charge is 2.33. The topological polar surface area (TPSA) is 86.8 Å². The molecule has 0 aliphatic rings. The van der Waals surface area contributed by atoms with Crippen LogP contribution >= 0.6 is 34.8 Å². The van der Waals surface area contributed by atoms with E-state index in [1.54, 1.807) is 36.4 Å². The molecular formula is C29H32Cl3N3O4S. The molecule has 0 aliphatic heterocycles. The van der Waals surface area contributed by atoms with Crippen LogP contribution in [0.3, 0.4) is 0 Å². The summed E-state index contributed by atoms with van der Waals surface area (Å²) in [5.74, 6) is -0.919. The van der Waals surface area contributed by atoms with Crippen molar-refractivity contribution in [2.75, 3.05) is 17.1 Å². The lowest BCUT2D eigenvalue weighted by Gasteiger charge is -2.34. The van der Waals surface area contributed by atoms with E-state index in [9.17, 15) is 18.0 Å². The summed E-state index contributed by atoms with van der Waals surface area (Å²) in [5.41, 5.74) is 1.71. The Labute approximate surface area is 251 Å². The van der Waals surface area contributed by atoms with Crippen molar-refractivity contribution < 1.29 is 18.0 Å². The summed E-state index contributed by atoms with van der Waals surface area (Å²) in [6.07, 6.45) is 1.93. The fraction of sp³-hybridized carbons (Fsp3) is 0.310. The number of hydrogen-bond acceptors (Lipinski definition) is 4. The Balaban J connectivity index is 2.08. The molecular weight excluding hydrogens is 593 g/mol. The summed E-state index contributed by atoms with van der Waals surface area (Å²) in [4.78, 5) is 29.1. The molecule has 3 aromatic carbocycles. The van der Waals surface area contributed by atoms with E-state index in [1.807, 2.05) is 44.2 Å². The number of sulfonamides is 1. The minimum Gasteiger partial charge on any atom is -0.352 e. The van der Waals surface area contributed by atoms with Gasteiger partial charge in [0.05, 0.1) is 22.0 Å². The lowest BCUT2D eigenvalue weighted by atomic mass is 10.0. The third kappa shape index (κ3) is 8.86. The number of amides is 2. The Morgan fingerprint density at radius 2 is 1.60 bits per heavy atom. The fourth-order valence-electron chi connectivity index (χ4n) is 4.07. The molecule has 0 fully saturated rings. The predicted molar refractivity (Wildman–Crippen MR) is 162 cm³/mol. The molecule has 0 saturated heterocycles. The highest BCUT2D eigenvalue weighted by molar-refractivity contribution is 7.92. The molecule has 3 rings (SSSR count). The molecule has 0 aliphatic carbocycles. The number of nitrogens with one attached hydrogen (secondary N) is 1. The second-order valence-corrected chi connectivity index (χ2v) is 12.7. The summed E-state index contributed by atoms with van der Waals surface area (Å²) in [7, 11) is -3.89. The Kier molecular flexibility index (Phi) is 11.3. The molecule has 3 aromatic rings. The van der Waals surface area contributed by atoms with Crippen LogP contribution in [0.4, 0.5) is 5.69 Å². The number of carbonyl (C=O) groups excluding carboxylic acids is 2. The van der Waals surface area contributed by atoms with Gasteiger partial charge in [0.1, 0.15) is 12.6 Å². The van der Waals surface area contributed by atoms with Crippen LogP contribution in [0.2, 0.25) is 15.1 Å². The van der Waals surface area contributed by atoms with E-state index < -0.39 is 28.5 Å². The molecule has 0 bridgehead atoms. The summed E-state index contributed by atoms with van der Waals surface area (Å²) in [6.45, 7) is 3.29. The summed E-state index contributed by atoms with van der Waals surface area (Å²) < 4.78 is 26.6. The highest BCUT2D eigenvalue weighted by atomic mass is 35.5. The van der Waals surface area contributed by atoms with Crippen LogP contribution in [-0.4, -0.2) is 50.0 Å². The number of hydrogen-bond donors (Lipinski definition) is 1. The number of carbonyl (C=O) groups is 2. The van der Waals surface area contributed by atoms with Gasteiger partial charge in [-0.25, -0.2) is 8.42 Å². The van der Waals surface area contributed by atoms with E-state index in [1.165, 1.54) is 11.0 Å². The van der Waals surface area contributed by atoms with Gasteiger partial charge < -0.3 is 10.2 Å². The van der Waals surface area contributed by atoms with Gasteiger partial charge in [0.15, 0.2) is 0 Å². The third-order valence-corrected chi connectivity index (χ3v) is 8.50. The van der Waals surface area contributed by atoms with Gasteiger partial charge in [0.25, 0.3) is 0 Å². The zero-order valence-corrected chi connectivity index (χ0v) is 25.6. The number of anilines is 1. The first kappa shape index (κ1) is 31.7. The van der Waals surface area contributed by atoms with Crippen LogP contribution < -0.4 is 9.62 Å². The standard InChI is InChI=1S/C29H32Cl3N3O4S/c1-4-20(2)33-29(37)27(16-21-9-6-5-7-10-21)34(18-22-13-14-25(31)26(32)15-22)28(36)19-35(40(3,38)39)24-12-8-11-23(30)17-24/h5-15,17,20,27H,4,16,18-19H2,1-3H3,(H,33,37)/t20-,27-/m0/s1. The highest BCUT2D eigenvalue weighted by Crippen LogP contribution is 2.26. The van der Waals surface area contributed by atoms with E-state index in [-0.39, 0.29) is 30.6 Å². The Morgan fingerprint density at radius 1 is 0.900 bits per heavy atom. The molecule has 7 nitrogen and oxygen atoms in total. The SMILES string of the molecule is CC[C@H](C)NC(=O)[C@H](Cc1ccccc1)N(Cc1ccc(Cl)c(Cl)c1)C(=O)CN(c1cccc(Cl)c1)S(C)(=O)=O. The minimum absolute atomic E-state index is 0.00566. The van der Waals surface area contributed by atoms with Crippen LogP contribution in [0, 0.1) is 0 Å². The van der Waals surface area contributed by atoms with E-state index in [0.29, 0.717) is 27.1 Å². The predicted octanol–water partition coefficient (Wildman–Crippen LogP) is 5.97. The normalized spacial score (nSPS) is 12.8. The van der Waals surface area contributed by atoms with E-state index in [2.05, 4.69) is 5.32 Å². The lowest BCUT2D eigenvalue weighted by Crippen LogP contribution is -2.54. The molecule has 2 amide bonds. The molecule has 11 heteroatoms. The molecule has 1 N–H and O–H groups in total. The second kappa shape index (κ2) is 14.2. The molecule has 0 heterocycles. The Bertz CT molecular complexity index is 1440. The first-order valence-corrected chi connectivity index (χ1v) is 15.7. The van der Waals surface area contributed by atoms with E-state index in [4.69, 9.17) is 34.8 Å². The number of nitrogens with zero attached hydrogens (tertiary/aromatic N) is 2. The monoisotopic (exact) mass is 623 g/mol. The molecule has 0 unspecified atom stereocenters. The van der Waals surface area contributed by atoms with Crippen LogP contribution in [0.5, 0.6) is 0 Å². The maximum absolute atomic E-state index is 14.1. The molecule has 214 valence electrons. The van der Waals surface area contributed by atoms with Crippen molar-refractivity contribution in [2.24, 2.45) is 0 Å². The molecule has 0 spiro atoms. The van der Waals surface area contributed by atoms with Crippen LogP contribution in [-0.2, 0) is 32.6 Å². The van der Waals surface area contributed by atoms with Crippen LogP contribution in [0.15, 0.2) is 72.8 Å². The Hall–Kier alpha value is -2.78. The molecule has 0 saturated carbocycles. The number of benzene rings is 3. The Morgan fingerprint density at radius 3 is 2.20 bits per heavy atom. The van der Waals surface area contributed by atoms with Crippen molar-refractivity contribution in [2.45, 2.75) is 45.3 Å². The lowest BCUT2D eigenvalue weighted by molar-refractivity contribution is -0.140. The van der Waals surface area contributed by atoms with Crippen molar-refractivity contribution in [1.29, 1.82) is 0 Å². The summed E-state index contributed by atoms with van der Waals surface area (Å²) >= 11 is 18.5. The molecule has 2 atom stereocenters. The zero-order chi connectivity index (χ0) is 29.4. The fourth-order valence-corrected chi connectivity index (χ4v) is 5.42. The largest absolute Gasteiger partial charge is 0.352 e. The van der Waals surface area contributed by atoms with E-state index >= 15 is 0 Å². The number of halogens is 3. The van der Waals surface area contributed by atoms with Gasteiger partial charge in [-0.15, -0.1) is 0 Å². The first-order valence-electron chi connectivity index (χ1n) is 12.7. The molecule has 0 radical (unpaired) electrons. The van der Waals surface area contributed by atoms with Crippen molar-refractivity contribution in [1.82, 2.24) is 10.2 Å². The zero-order valence-electron chi connectivity index (χ0n) is 22.5. The van der Waals surface area contributed by atoms with Crippen LogP contribution in [0.1, 0.15) is 31.4 Å². The maximum atomic E-state index is 14.1. The smallest absolute Gasteiger partial charge is 0.244 e. The second-order valence-electron chi connectivity index (χ2n) is 9.54. The van der Waals surface area contributed by atoms with Crippen molar-refractivity contribution in [3.63, 3.8) is 0 Å². The first-order chi connectivity index (χ1) is 18.9. The van der Waals surface area contributed by atoms with Gasteiger partial charge in [-0.05, 0) is 54.8 Å². The van der Waals surface area contributed by atoms with Crippen molar-refractivity contribution in [3.05, 3.63) is 99.0 Å². The quantitative estimate of drug-likeness (QED) is 0.269. The van der Waals surface area contributed by atoms with Gasteiger partial charge in [-0.2, -0.15) is 0 Å². The van der Waals surface area contributed by atoms with Crippen molar-refractivity contribution >= 4 is 62.3 Å². The average Bonchev–Trinajstić information content (AvgIpc) is 2.90. The van der Waals surface area contributed by atoms with Crippen molar-refractivity contribution in [3.8, 4) is 0 Å². The number of rotatable bonds is 12. The van der Waals surface area contributed by atoms with Gasteiger partial charge in [-0.1, -0.05) is 84.2 Å². The van der Waals surface area contributed by atoms with Gasteiger partial charge in [0, 0.05) is 24.0 Å². The third-order valence-electron chi connectivity index (χ3n) is 6.38. The van der Waals surface area contributed by atoms with Gasteiger partial charge >= 0.3 is 0 Å². The van der Waals surface area contributed by atoms with Crippen LogP contribution in [0.25, 0.3) is 0 Å². The van der Waals surface area contributed by atoms with Gasteiger partial charge in [-0.3, -0.25) is 13.9 Å². The maximum Gasteiger partial charge on any atom is 0.244 e. The molecule has 0 aromatic heterocycles. The summed E-state index contributed by atoms with van der Waals surface area (Å²) in [5, 5.41) is 3.95. The van der Waals surface area contributed by atoms with E-state index in [0.717, 1.165) is 16.1 Å². The summed E-state index contributed by atoms with van der Waals surface area (Å²) in [6, 6.07) is 19.4. The minimum atomic E-state index is -3.89. The average molecular weight is 625 g/mol. The molecule has 40 heavy (non-hydrogen) atoms. The van der Waals surface area contributed by atoms with Gasteiger partial charge in [0.2, 0.25) is 21.8 Å².